The van der Waals surface area contributed by atoms with Gasteiger partial charge in [-0.1, -0.05) is 25.3 Å². The van der Waals surface area contributed by atoms with Gasteiger partial charge < -0.3 is 10.1 Å². The average Bonchev–Trinajstić information content (AvgIpc) is 3.05. The fourth-order valence-electron chi connectivity index (χ4n) is 3.86. The highest BCUT2D eigenvalue weighted by atomic mass is 19.1. The second-order valence-electron chi connectivity index (χ2n) is 7.41. The number of amides is 1. The van der Waals surface area contributed by atoms with Crippen LogP contribution in [0.5, 0.6) is 5.75 Å². The smallest absolute Gasteiger partial charge is 0.270 e. The first-order valence-corrected chi connectivity index (χ1v) is 9.89. The number of hydrogen-bond acceptors (Lipinski definition) is 3. The number of carbonyl (C=O) groups is 1. The fraction of sp³-hybridized carbons (Fsp3) is 0.364. The van der Waals surface area contributed by atoms with E-state index in [1.807, 2.05) is 0 Å². The number of ether oxygens (including phenoxy) is 1. The normalized spacial score (nSPS) is 14.9. The second-order valence-corrected chi connectivity index (χ2v) is 7.41. The summed E-state index contributed by atoms with van der Waals surface area (Å²) in [6.45, 7) is 1.50. The Balaban J connectivity index is 1.59. The van der Waals surface area contributed by atoms with Gasteiger partial charge in [0.25, 0.3) is 5.91 Å². The van der Waals surface area contributed by atoms with Crippen LogP contribution in [0.15, 0.2) is 36.5 Å². The summed E-state index contributed by atoms with van der Waals surface area (Å²) >= 11 is 0. The van der Waals surface area contributed by atoms with E-state index in [4.69, 9.17) is 4.74 Å². The third-order valence-electron chi connectivity index (χ3n) is 5.38. The molecule has 29 heavy (non-hydrogen) atoms. The maximum atomic E-state index is 13.9. The van der Waals surface area contributed by atoms with Gasteiger partial charge in [-0.2, -0.15) is 0 Å². The third kappa shape index (κ3) is 3.95. The number of fused-ring (bicyclic) bond motifs is 1. The number of hydrogen-bond donors (Lipinski definition) is 1. The van der Waals surface area contributed by atoms with E-state index in [1.54, 1.807) is 29.7 Å². The summed E-state index contributed by atoms with van der Waals surface area (Å²) in [6, 6.07) is 7.27. The number of nitrogens with one attached hydrogen (secondary N) is 1. The standard InChI is InChI=1S/C22H23F2N3O2/c1-14-20(22(28)26-15-7-3-2-4-8-15)27-12-6-11-19(21(27)25-14)29-13-16-17(23)9-5-10-18(16)24/h5-6,9-12,15H,2-4,7-8,13H2,1H3,(H,26,28). The van der Waals surface area contributed by atoms with Gasteiger partial charge in [0.2, 0.25) is 0 Å². The number of rotatable bonds is 5. The lowest BCUT2D eigenvalue weighted by Gasteiger charge is -2.22. The SMILES string of the molecule is Cc1nc2c(OCc3c(F)cccc3F)cccn2c1C(=O)NC1CCCCC1. The molecule has 1 aromatic carbocycles. The van der Waals surface area contributed by atoms with E-state index >= 15 is 0 Å². The summed E-state index contributed by atoms with van der Waals surface area (Å²) in [6.07, 6.45) is 7.18. The summed E-state index contributed by atoms with van der Waals surface area (Å²) < 4.78 is 35.1. The van der Waals surface area contributed by atoms with Crippen LogP contribution in [-0.2, 0) is 6.61 Å². The largest absolute Gasteiger partial charge is 0.485 e. The summed E-state index contributed by atoms with van der Waals surface area (Å²) in [7, 11) is 0. The lowest BCUT2D eigenvalue weighted by Crippen LogP contribution is -2.37. The Morgan fingerprint density at radius 1 is 1.17 bits per heavy atom. The average molecular weight is 399 g/mol. The number of carbonyl (C=O) groups excluding carboxylic acids is 1. The molecule has 1 saturated carbocycles. The molecule has 3 aromatic rings. The third-order valence-corrected chi connectivity index (χ3v) is 5.38. The molecule has 0 unspecified atom stereocenters. The number of halogens is 2. The van der Waals surface area contributed by atoms with E-state index in [0.717, 1.165) is 25.7 Å². The number of benzene rings is 1. The van der Waals surface area contributed by atoms with Crippen LogP contribution in [-0.4, -0.2) is 21.3 Å². The van der Waals surface area contributed by atoms with Crippen molar-refractivity contribution < 1.29 is 18.3 Å². The predicted octanol–water partition coefficient (Wildman–Crippen LogP) is 4.56. The highest BCUT2D eigenvalue weighted by Crippen LogP contribution is 2.25. The molecule has 0 aliphatic heterocycles. The van der Waals surface area contributed by atoms with Crippen molar-refractivity contribution in [1.82, 2.24) is 14.7 Å². The molecule has 1 fully saturated rings. The zero-order valence-electron chi connectivity index (χ0n) is 16.3. The molecule has 1 aliphatic rings. The molecule has 0 bridgehead atoms. The van der Waals surface area contributed by atoms with Crippen molar-refractivity contribution in [3.05, 3.63) is 65.1 Å². The minimum absolute atomic E-state index is 0.145. The Bertz CT molecular complexity index is 1020. The number of aryl methyl sites for hydroxylation is 1. The summed E-state index contributed by atoms with van der Waals surface area (Å²) in [5.74, 6) is -1.14. The van der Waals surface area contributed by atoms with E-state index in [0.29, 0.717) is 22.8 Å². The van der Waals surface area contributed by atoms with Crippen LogP contribution in [0, 0.1) is 18.6 Å². The first kappa shape index (κ1) is 19.4. The maximum absolute atomic E-state index is 13.9. The predicted molar refractivity (Wildman–Crippen MR) is 105 cm³/mol. The summed E-state index contributed by atoms with van der Waals surface area (Å²) in [5, 5.41) is 3.11. The van der Waals surface area contributed by atoms with Gasteiger partial charge in [0, 0.05) is 12.2 Å². The molecule has 0 saturated heterocycles. The molecular weight excluding hydrogens is 376 g/mol. The number of nitrogens with zero attached hydrogens (tertiary/aromatic N) is 2. The van der Waals surface area contributed by atoms with Gasteiger partial charge >= 0.3 is 0 Å². The molecule has 0 atom stereocenters. The highest BCUT2D eigenvalue weighted by molar-refractivity contribution is 5.95. The Morgan fingerprint density at radius 3 is 2.62 bits per heavy atom. The van der Waals surface area contributed by atoms with Gasteiger partial charge in [0.1, 0.15) is 23.9 Å². The molecule has 4 rings (SSSR count). The molecule has 5 nitrogen and oxygen atoms in total. The van der Waals surface area contributed by atoms with E-state index < -0.39 is 11.6 Å². The van der Waals surface area contributed by atoms with Gasteiger partial charge in [0.15, 0.2) is 11.4 Å². The number of imidazole rings is 1. The Morgan fingerprint density at radius 2 is 1.90 bits per heavy atom. The van der Waals surface area contributed by atoms with Crippen molar-refractivity contribution in [2.45, 2.75) is 51.7 Å². The Hall–Kier alpha value is -2.96. The van der Waals surface area contributed by atoms with E-state index in [-0.39, 0.29) is 24.1 Å². The molecule has 0 radical (unpaired) electrons. The van der Waals surface area contributed by atoms with Gasteiger partial charge in [-0.15, -0.1) is 0 Å². The fourth-order valence-corrected chi connectivity index (χ4v) is 3.86. The second kappa shape index (κ2) is 8.19. The molecule has 1 aliphatic carbocycles. The topological polar surface area (TPSA) is 55.6 Å². The van der Waals surface area contributed by atoms with Crippen LogP contribution in [0.2, 0.25) is 0 Å². The van der Waals surface area contributed by atoms with Crippen LogP contribution >= 0.6 is 0 Å². The lowest BCUT2D eigenvalue weighted by atomic mass is 9.95. The maximum Gasteiger partial charge on any atom is 0.270 e. The molecule has 7 heteroatoms. The molecular formula is C22H23F2N3O2. The van der Waals surface area contributed by atoms with Crippen molar-refractivity contribution in [2.75, 3.05) is 0 Å². The number of pyridine rings is 1. The lowest BCUT2D eigenvalue weighted by molar-refractivity contribution is 0.0921. The van der Waals surface area contributed by atoms with Crippen molar-refractivity contribution in [2.24, 2.45) is 0 Å². The van der Waals surface area contributed by atoms with Crippen LogP contribution in [0.25, 0.3) is 5.65 Å². The highest BCUT2D eigenvalue weighted by Gasteiger charge is 2.22. The van der Waals surface area contributed by atoms with Crippen molar-refractivity contribution >= 4 is 11.6 Å². The van der Waals surface area contributed by atoms with E-state index in [2.05, 4.69) is 10.3 Å². The van der Waals surface area contributed by atoms with Gasteiger partial charge in [-0.25, -0.2) is 13.8 Å². The van der Waals surface area contributed by atoms with Gasteiger partial charge in [-0.05, 0) is 44.0 Å². The van der Waals surface area contributed by atoms with Crippen molar-refractivity contribution in [3.63, 3.8) is 0 Å². The molecule has 1 N–H and O–H groups in total. The van der Waals surface area contributed by atoms with Crippen LogP contribution in [0.3, 0.4) is 0 Å². The number of aromatic nitrogens is 2. The van der Waals surface area contributed by atoms with Crippen LogP contribution in [0.4, 0.5) is 8.78 Å². The van der Waals surface area contributed by atoms with Crippen molar-refractivity contribution in [1.29, 1.82) is 0 Å². The van der Waals surface area contributed by atoms with Gasteiger partial charge in [0.05, 0.1) is 11.3 Å². The molecule has 2 heterocycles. The first-order valence-electron chi connectivity index (χ1n) is 9.89. The minimum Gasteiger partial charge on any atom is -0.485 e. The van der Waals surface area contributed by atoms with Crippen LogP contribution < -0.4 is 10.1 Å². The Kier molecular flexibility index (Phi) is 5.47. The van der Waals surface area contributed by atoms with Gasteiger partial charge in [-0.3, -0.25) is 9.20 Å². The Labute approximate surface area is 167 Å². The molecule has 2 aromatic heterocycles. The molecule has 152 valence electrons. The zero-order chi connectivity index (χ0) is 20.4. The summed E-state index contributed by atoms with van der Waals surface area (Å²) in [5.41, 5.74) is 1.32. The quantitative estimate of drug-likeness (QED) is 0.684. The molecule has 0 spiro atoms. The molecule has 1 amide bonds. The zero-order valence-corrected chi connectivity index (χ0v) is 16.3. The van der Waals surface area contributed by atoms with E-state index in [1.165, 1.54) is 24.6 Å². The first-order chi connectivity index (χ1) is 14.0. The van der Waals surface area contributed by atoms with Crippen molar-refractivity contribution in [3.8, 4) is 5.75 Å². The minimum atomic E-state index is -0.663. The van der Waals surface area contributed by atoms with Crippen LogP contribution in [0.1, 0.15) is 53.8 Å². The summed E-state index contributed by atoms with van der Waals surface area (Å²) in [4.78, 5) is 17.4. The monoisotopic (exact) mass is 399 g/mol. The van der Waals surface area contributed by atoms with E-state index in [9.17, 15) is 13.6 Å².